The number of rotatable bonds is 8. The molecular weight excluding hydrogens is 438 g/mol. The Hall–Kier alpha value is -4.11. The quantitative estimate of drug-likeness (QED) is 0.413. The molecule has 0 aliphatic heterocycles. The highest BCUT2D eigenvalue weighted by molar-refractivity contribution is 7.13. The van der Waals surface area contributed by atoms with Crippen LogP contribution in [0.15, 0.2) is 73.1 Å². The number of pyridine rings is 1. The highest BCUT2D eigenvalue weighted by Gasteiger charge is 2.15. The number of carbonyl (C=O) groups is 2. The number of nitrogens with one attached hydrogen (secondary N) is 2. The lowest BCUT2D eigenvalue weighted by Gasteiger charge is -2.07. The number of hydrogen-bond acceptors (Lipinski definition) is 7. The molecule has 2 heterocycles. The van der Waals surface area contributed by atoms with Crippen molar-refractivity contribution in [2.24, 2.45) is 0 Å². The summed E-state index contributed by atoms with van der Waals surface area (Å²) in [6.45, 7) is 2.59. The molecule has 4 aromatic rings. The normalized spacial score (nSPS) is 10.5. The average molecular weight is 460 g/mol. The average Bonchev–Trinajstić information content (AvgIpc) is 3.32. The van der Waals surface area contributed by atoms with Gasteiger partial charge in [-0.2, -0.15) is 0 Å². The number of ether oxygens (including phenoxy) is 1. The summed E-state index contributed by atoms with van der Waals surface area (Å²) in [6, 6.07) is 18.1. The van der Waals surface area contributed by atoms with Crippen molar-refractivity contribution < 1.29 is 14.3 Å². The summed E-state index contributed by atoms with van der Waals surface area (Å²) in [5.74, 6) is 0.0730. The number of nitrogens with zero attached hydrogens (tertiary/aromatic N) is 3. The number of carbonyl (C=O) groups excluding carboxylic acids is 2. The fourth-order valence-electron chi connectivity index (χ4n) is 2.89. The molecule has 2 aromatic heterocycles. The summed E-state index contributed by atoms with van der Waals surface area (Å²) in [5.41, 5.74) is 2.96. The molecule has 4 rings (SSSR count). The third kappa shape index (κ3) is 6.20. The molecule has 0 bridgehead atoms. The molecule has 2 amide bonds. The summed E-state index contributed by atoms with van der Waals surface area (Å²) in [7, 11) is 0. The molecule has 2 N–H and O–H groups in total. The van der Waals surface area contributed by atoms with Crippen LogP contribution in [0, 0.1) is 6.92 Å². The van der Waals surface area contributed by atoms with Gasteiger partial charge in [0.1, 0.15) is 12.4 Å². The van der Waals surface area contributed by atoms with E-state index in [4.69, 9.17) is 4.74 Å². The van der Waals surface area contributed by atoms with Crippen LogP contribution in [-0.2, 0) is 13.2 Å². The zero-order valence-corrected chi connectivity index (χ0v) is 18.6. The molecular formula is C24H21N5O3S. The first kappa shape index (κ1) is 22.1. The SMILES string of the molecule is Cc1ccc(OCc2nnc(C(=O)Nc3cccc(C(=O)NCc4cccnc4)c3)s2)cc1. The number of anilines is 1. The van der Waals surface area contributed by atoms with Gasteiger partial charge in [0.05, 0.1) is 0 Å². The maximum absolute atomic E-state index is 12.6. The van der Waals surface area contributed by atoms with Crippen molar-refractivity contribution >= 4 is 28.8 Å². The van der Waals surface area contributed by atoms with Gasteiger partial charge in [-0.1, -0.05) is 41.2 Å². The van der Waals surface area contributed by atoms with Crippen LogP contribution in [0.1, 0.15) is 36.3 Å². The van der Waals surface area contributed by atoms with E-state index in [1.54, 1.807) is 36.7 Å². The second-order valence-electron chi connectivity index (χ2n) is 7.18. The fourth-order valence-corrected chi connectivity index (χ4v) is 3.54. The van der Waals surface area contributed by atoms with E-state index in [9.17, 15) is 9.59 Å². The van der Waals surface area contributed by atoms with Crippen LogP contribution >= 0.6 is 11.3 Å². The molecule has 0 saturated heterocycles. The minimum atomic E-state index is -0.401. The van der Waals surface area contributed by atoms with Gasteiger partial charge in [-0.25, -0.2) is 0 Å². The second-order valence-corrected chi connectivity index (χ2v) is 8.24. The molecule has 0 radical (unpaired) electrons. The number of benzene rings is 2. The Labute approximate surface area is 194 Å². The van der Waals surface area contributed by atoms with Gasteiger partial charge in [0.2, 0.25) is 5.01 Å². The standard InChI is InChI=1S/C24H21N5O3S/c1-16-7-9-20(10-8-16)32-15-21-28-29-24(33-21)23(31)27-19-6-2-5-18(12-19)22(30)26-14-17-4-3-11-25-13-17/h2-13H,14-15H2,1H3,(H,26,30)(H,27,31). The van der Waals surface area contributed by atoms with Crippen molar-refractivity contribution in [1.29, 1.82) is 0 Å². The molecule has 8 nitrogen and oxygen atoms in total. The van der Waals surface area contributed by atoms with E-state index >= 15 is 0 Å². The van der Waals surface area contributed by atoms with Crippen molar-refractivity contribution in [3.63, 3.8) is 0 Å². The van der Waals surface area contributed by atoms with Crippen LogP contribution in [0.5, 0.6) is 5.75 Å². The number of hydrogen-bond donors (Lipinski definition) is 2. The highest BCUT2D eigenvalue weighted by Crippen LogP contribution is 2.18. The lowest BCUT2D eigenvalue weighted by atomic mass is 10.2. The Bertz CT molecular complexity index is 1240. The molecule has 9 heteroatoms. The smallest absolute Gasteiger partial charge is 0.286 e. The Kier molecular flexibility index (Phi) is 7.01. The molecule has 33 heavy (non-hydrogen) atoms. The number of aryl methyl sites for hydroxylation is 1. The predicted molar refractivity (Wildman–Crippen MR) is 125 cm³/mol. The van der Waals surface area contributed by atoms with Crippen LogP contribution in [0.4, 0.5) is 5.69 Å². The van der Waals surface area contributed by atoms with Gasteiger partial charge in [-0.15, -0.1) is 10.2 Å². The largest absolute Gasteiger partial charge is 0.486 e. The van der Waals surface area contributed by atoms with Gasteiger partial charge in [0.25, 0.3) is 11.8 Å². The molecule has 2 aromatic carbocycles. The molecule has 0 unspecified atom stereocenters. The van der Waals surface area contributed by atoms with Crippen molar-refractivity contribution in [3.8, 4) is 5.75 Å². The lowest BCUT2D eigenvalue weighted by Crippen LogP contribution is -2.23. The van der Waals surface area contributed by atoms with E-state index in [2.05, 4.69) is 25.8 Å². The van der Waals surface area contributed by atoms with Crippen LogP contribution in [-0.4, -0.2) is 27.0 Å². The first-order valence-corrected chi connectivity index (χ1v) is 11.0. The van der Waals surface area contributed by atoms with Crippen molar-refractivity contribution in [1.82, 2.24) is 20.5 Å². The summed E-state index contributed by atoms with van der Waals surface area (Å²) >= 11 is 1.15. The van der Waals surface area contributed by atoms with E-state index < -0.39 is 5.91 Å². The minimum absolute atomic E-state index is 0.212. The van der Waals surface area contributed by atoms with Gasteiger partial charge >= 0.3 is 0 Å². The van der Waals surface area contributed by atoms with Gasteiger partial charge in [0.15, 0.2) is 5.01 Å². The molecule has 0 aliphatic rings. The highest BCUT2D eigenvalue weighted by atomic mass is 32.1. The number of amides is 2. The van der Waals surface area contributed by atoms with Gasteiger partial charge < -0.3 is 15.4 Å². The summed E-state index contributed by atoms with van der Waals surface area (Å²) in [6.07, 6.45) is 3.37. The third-order valence-electron chi connectivity index (χ3n) is 4.60. The van der Waals surface area contributed by atoms with Crippen LogP contribution < -0.4 is 15.4 Å². The first-order chi connectivity index (χ1) is 16.1. The Morgan fingerprint density at radius 2 is 1.85 bits per heavy atom. The maximum atomic E-state index is 12.6. The zero-order valence-electron chi connectivity index (χ0n) is 17.8. The lowest BCUT2D eigenvalue weighted by molar-refractivity contribution is 0.0949. The van der Waals surface area contributed by atoms with E-state index in [-0.39, 0.29) is 17.5 Å². The first-order valence-electron chi connectivity index (χ1n) is 10.2. The second kappa shape index (κ2) is 10.5. The van der Waals surface area contributed by atoms with Crippen LogP contribution in [0.25, 0.3) is 0 Å². The van der Waals surface area contributed by atoms with Crippen molar-refractivity contribution in [2.75, 3.05) is 5.32 Å². The predicted octanol–water partition coefficient (Wildman–Crippen LogP) is 4.00. The van der Waals surface area contributed by atoms with Gasteiger partial charge in [0, 0.05) is 30.2 Å². The van der Waals surface area contributed by atoms with Crippen LogP contribution in [0.2, 0.25) is 0 Å². The topological polar surface area (TPSA) is 106 Å². The van der Waals surface area contributed by atoms with Gasteiger partial charge in [-0.05, 0) is 48.9 Å². The fraction of sp³-hybridized carbons (Fsp3) is 0.125. The molecule has 166 valence electrons. The monoisotopic (exact) mass is 459 g/mol. The summed E-state index contributed by atoms with van der Waals surface area (Å²) in [5, 5.41) is 14.4. The van der Waals surface area contributed by atoms with Gasteiger partial charge in [-0.3, -0.25) is 14.6 Å². The van der Waals surface area contributed by atoms with Crippen molar-refractivity contribution in [3.05, 3.63) is 99.8 Å². The molecule has 0 fully saturated rings. The van der Waals surface area contributed by atoms with Crippen molar-refractivity contribution in [2.45, 2.75) is 20.1 Å². The van der Waals surface area contributed by atoms with E-state index in [0.29, 0.717) is 22.8 Å². The summed E-state index contributed by atoms with van der Waals surface area (Å²) in [4.78, 5) is 29.1. The van der Waals surface area contributed by atoms with E-state index in [1.807, 2.05) is 43.3 Å². The molecule has 0 spiro atoms. The minimum Gasteiger partial charge on any atom is -0.486 e. The Balaban J connectivity index is 1.33. The molecule has 0 atom stereocenters. The molecule has 0 aliphatic carbocycles. The Morgan fingerprint density at radius 1 is 1.00 bits per heavy atom. The number of aromatic nitrogens is 3. The summed E-state index contributed by atoms with van der Waals surface area (Å²) < 4.78 is 5.68. The van der Waals surface area contributed by atoms with E-state index in [1.165, 1.54) is 0 Å². The zero-order chi connectivity index (χ0) is 23.0. The third-order valence-corrected chi connectivity index (χ3v) is 5.50. The van der Waals surface area contributed by atoms with Crippen LogP contribution in [0.3, 0.4) is 0 Å². The van der Waals surface area contributed by atoms with E-state index in [0.717, 1.165) is 28.2 Å². The maximum Gasteiger partial charge on any atom is 0.286 e. The molecule has 0 saturated carbocycles. The Morgan fingerprint density at radius 3 is 2.64 bits per heavy atom.